The summed E-state index contributed by atoms with van der Waals surface area (Å²) in [7, 11) is 0. The van der Waals surface area contributed by atoms with Crippen LogP contribution in [0.25, 0.3) is 11.4 Å². The molecule has 0 spiro atoms. The molecule has 3 aromatic rings. The fourth-order valence-corrected chi connectivity index (χ4v) is 3.36. The molecule has 0 unspecified atom stereocenters. The summed E-state index contributed by atoms with van der Waals surface area (Å²) < 4.78 is 8.32. The number of hydrogen-bond acceptors (Lipinski definition) is 5. The zero-order chi connectivity index (χ0) is 17.8. The summed E-state index contributed by atoms with van der Waals surface area (Å²) in [4.78, 5) is 0. The number of halogens is 1. The van der Waals surface area contributed by atoms with Crippen molar-refractivity contribution >= 4 is 27.7 Å². The molecule has 1 aromatic heterocycles. The van der Waals surface area contributed by atoms with E-state index in [2.05, 4.69) is 38.3 Å². The highest BCUT2D eigenvalue weighted by Crippen LogP contribution is 2.27. The quantitative estimate of drug-likeness (QED) is 0.471. The van der Waals surface area contributed by atoms with Gasteiger partial charge in [0.05, 0.1) is 6.10 Å². The van der Waals surface area contributed by atoms with E-state index in [4.69, 9.17) is 10.6 Å². The number of benzene rings is 2. The van der Waals surface area contributed by atoms with Crippen LogP contribution in [0, 0.1) is 0 Å². The van der Waals surface area contributed by atoms with Gasteiger partial charge in [-0.05, 0) is 43.7 Å². The van der Waals surface area contributed by atoms with Crippen LogP contribution < -0.4 is 10.6 Å². The van der Waals surface area contributed by atoms with Crippen LogP contribution in [0.5, 0.6) is 5.75 Å². The van der Waals surface area contributed by atoms with Crippen LogP contribution in [0.4, 0.5) is 0 Å². The summed E-state index contributed by atoms with van der Waals surface area (Å²) in [5.74, 6) is 8.38. The fraction of sp³-hybridized carbons (Fsp3) is 0.222. The van der Waals surface area contributed by atoms with Gasteiger partial charge in [0.25, 0.3) is 0 Å². The first-order chi connectivity index (χ1) is 12.0. The molecule has 3 rings (SSSR count). The molecule has 130 valence electrons. The van der Waals surface area contributed by atoms with Crippen molar-refractivity contribution in [3.05, 3.63) is 58.6 Å². The van der Waals surface area contributed by atoms with Crippen LogP contribution in [0.15, 0.2) is 58.2 Å². The minimum atomic E-state index is 0.114. The van der Waals surface area contributed by atoms with Gasteiger partial charge in [-0.1, -0.05) is 52.0 Å². The van der Waals surface area contributed by atoms with E-state index in [1.54, 1.807) is 11.8 Å². The van der Waals surface area contributed by atoms with Crippen molar-refractivity contribution in [1.82, 2.24) is 14.9 Å². The summed E-state index contributed by atoms with van der Waals surface area (Å²) in [6.45, 7) is 3.99. The Morgan fingerprint density at radius 2 is 1.92 bits per heavy atom. The lowest BCUT2D eigenvalue weighted by atomic mass is 10.2. The number of aromatic nitrogens is 3. The lowest BCUT2D eigenvalue weighted by Crippen LogP contribution is -2.11. The van der Waals surface area contributed by atoms with E-state index in [0.29, 0.717) is 11.0 Å². The van der Waals surface area contributed by atoms with E-state index in [-0.39, 0.29) is 6.10 Å². The lowest BCUT2D eigenvalue weighted by Gasteiger charge is -2.10. The summed E-state index contributed by atoms with van der Waals surface area (Å²) in [6, 6.07) is 15.9. The molecule has 0 fully saturated rings. The topological polar surface area (TPSA) is 66.0 Å². The Morgan fingerprint density at radius 1 is 1.16 bits per heavy atom. The standard InChI is InChI=1S/C18H19BrN4OS/c1-12(2)24-16-5-3-4-14(10-16)17-21-22-18(23(17)20)25-11-13-6-8-15(19)9-7-13/h3-10,12H,11,20H2,1-2H3. The van der Waals surface area contributed by atoms with Crippen LogP contribution in [-0.2, 0) is 5.75 Å². The van der Waals surface area contributed by atoms with E-state index >= 15 is 0 Å². The third-order valence-electron chi connectivity index (χ3n) is 3.41. The average Bonchev–Trinajstić information content (AvgIpc) is 2.95. The summed E-state index contributed by atoms with van der Waals surface area (Å²) in [5, 5.41) is 9.13. The lowest BCUT2D eigenvalue weighted by molar-refractivity contribution is 0.242. The third kappa shape index (κ3) is 4.55. The van der Waals surface area contributed by atoms with E-state index in [9.17, 15) is 0 Å². The van der Waals surface area contributed by atoms with Gasteiger partial charge in [-0.3, -0.25) is 0 Å². The molecule has 1 heterocycles. The van der Waals surface area contributed by atoms with Crippen LogP contribution in [-0.4, -0.2) is 21.0 Å². The van der Waals surface area contributed by atoms with Gasteiger partial charge in [0, 0.05) is 15.8 Å². The van der Waals surface area contributed by atoms with Gasteiger partial charge in [-0.2, -0.15) is 0 Å². The Balaban J connectivity index is 1.75. The van der Waals surface area contributed by atoms with Gasteiger partial charge < -0.3 is 10.6 Å². The average molecular weight is 419 g/mol. The summed E-state index contributed by atoms with van der Waals surface area (Å²) in [5.41, 5.74) is 2.08. The highest BCUT2D eigenvalue weighted by Gasteiger charge is 2.13. The highest BCUT2D eigenvalue weighted by atomic mass is 79.9. The molecule has 0 amide bonds. The second-order valence-electron chi connectivity index (χ2n) is 5.79. The molecule has 0 aliphatic carbocycles. The number of thioether (sulfide) groups is 1. The zero-order valence-corrected chi connectivity index (χ0v) is 16.4. The minimum absolute atomic E-state index is 0.114. The highest BCUT2D eigenvalue weighted by molar-refractivity contribution is 9.10. The molecular weight excluding hydrogens is 400 g/mol. The number of nitrogen functional groups attached to an aromatic ring is 1. The fourth-order valence-electron chi connectivity index (χ4n) is 2.28. The Bertz CT molecular complexity index is 849. The van der Waals surface area contributed by atoms with Crippen LogP contribution in [0.1, 0.15) is 19.4 Å². The van der Waals surface area contributed by atoms with E-state index in [1.165, 1.54) is 10.2 Å². The van der Waals surface area contributed by atoms with E-state index in [1.807, 2.05) is 50.2 Å². The third-order valence-corrected chi connectivity index (χ3v) is 4.95. The van der Waals surface area contributed by atoms with Gasteiger partial charge in [-0.15, -0.1) is 10.2 Å². The first-order valence-corrected chi connectivity index (χ1v) is 9.65. The number of nitrogens with two attached hydrogens (primary N) is 1. The van der Waals surface area contributed by atoms with E-state index in [0.717, 1.165) is 21.5 Å². The first-order valence-electron chi connectivity index (χ1n) is 7.88. The maximum atomic E-state index is 6.20. The molecule has 0 aliphatic rings. The molecular formula is C18H19BrN4OS. The molecule has 0 saturated carbocycles. The second-order valence-corrected chi connectivity index (χ2v) is 7.64. The number of ether oxygens (including phenoxy) is 1. The van der Waals surface area contributed by atoms with Crippen molar-refractivity contribution in [3.63, 3.8) is 0 Å². The normalized spacial score (nSPS) is 11.0. The second kappa shape index (κ2) is 7.93. The number of nitrogens with zero attached hydrogens (tertiary/aromatic N) is 3. The molecule has 7 heteroatoms. The van der Waals surface area contributed by atoms with Crippen molar-refractivity contribution < 1.29 is 4.74 Å². The number of rotatable bonds is 6. The smallest absolute Gasteiger partial charge is 0.210 e. The molecule has 2 N–H and O–H groups in total. The van der Waals surface area contributed by atoms with Crippen molar-refractivity contribution in [2.45, 2.75) is 30.9 Å². The largest absolute Gasteiger partial charge is 0.491 e. The molecule has 2 aromatic carbocycles. The van der Waals surface area contributed by atoms with Crippen LogP contribution in [0.3, 0.4) is 0 Å². The monoisotopic (exact) mass is 418 g/mol. The molecule has 25 heavy (non-hydrogen) atoms. The van der Waals surface area contributed by atoms with E-state index < -0.39 is 0 Å². The van der Waals surface area contributed by atoms with Crippen molar-refractivity contribution in [2.75, 3.05) is 5.84 Å². The number of hydrogen-bond donors (Lipinski definition) is 1. The zero-order valence-electron chi connectivity index (χ0n) is 14.0. The van der Waals surface area contributed by atoms with Gasteiger partial charge >= 0.3 is 0 Å². The first kappa shape index (κ1) is 17.8. The minimum Gasteiger partial charge on any atom is -0.491 e. The summed E-state index contributed by atoms with van der Waals surface area (Å²) in [6.07, 6.45) is 0.114. The molecule has 0 saturated heterocycles. The molecule has 0 aliphatic heterocycles. The summed E-state index contributed by atoms with van der Waals surface area (Å²) >= 11 is 4.99. The molecule has 5 nitrogen and oxygen atoms in total. The van der Waals surface area contributed by atoms with Crippen molar-refractivity contribution in [2.24, 2.45) is 0 Å². The molecule has 0 atom stereocenters. The molecule has 0 bridgehead atoms. The van der Waals surface area contributed by atoms with Crippen LogP contribution in [0.2, 0.25) is 0 Å². The van der Waals surface area contributed by atoms with Crippen LogP contribution >= 0.6 is 27.7 Å². The SMILES string of the molecule is CC(C)Oc1cccc(-c2nnc(SCc3ccc(Br)cc3)n2N)c1. The van der Waals surface area contributed by atoms with Crippen molar-refractivity contribution in [3.8, 4) is 17.1 Å². The Morgan fingerprint density at radius 3 is 2.64 bits per heavy atom. The maximum Gasteiger partial charge on any atom is 0.210 e. The Hall–Kier alpha value is -1.99. The van der Waals surface area contributed by atoms with Gasteiger partial charge in [0.2, 0.25) is 5.16 Å². The van der Waals surface area contributed by atoms with Gasteiger partial charge in [0.1, 0.15) is 5.75 Å². The Kier molecular flexibility index (Phi) is 5.65. The molecule has 0 radical (unpaired) electrons. The predicted molar refractivity (Wildman–Crippen MR) is 105 cm³/mol. The van der Waals surface area contributed by atoms with Crippen molar-refractivity contribution in [1.29, 1.82) is 0 Å². The van der Waals surface area contributed by atoms with Gasteiger partial charge in [0.15, 0.2) is 5.82 Å². The predicted octanol–water partition coefficient (Wildman–Crippen LogP) is 4.50. The van der Waals surface area contributed by atoms with Gasteiger partial charge in [-0.25, -0.2) is 4.68 Å². The Labute approximate surface area is 159 Å². The maximum absolute atomic E-state index is 6.20.